The van der Waals surface area contributed by atoms with Gasteiger partial charge in [-0.05, 0) is 18.2 Å². The Bertz CT molecular complexity index is 728. The highest BCUT2D eigenvalue weighted by Crippen LogP contribution is 2.24. The average molecular weight is 334 g/mol. The summed E-state index contributed by atoms with van der Waals surface area (Å²) < 4.78 is 11.6. The van der Waals surface area contributed by atoms with Gasteiger partial charge in [0, 0.05) is 5.56 Å². The number of carbonyl (C=O) groups excluding carboxylic acids is 1. The van der Waals surface area contributed by atoms with E-state index >= 15 is 0 Å². The van der Waals surface area contributed by atoms with Crippen molar-refractivity contribution < 1.29 is 24.2 Å². The van der Waals surface area contributed by atoms with E-state index in [4.69, 9.17) is 14.6 Å². The summed E-state index contributed by atoms with van der Waals surface area (Å²) in [5.74, 6) is -0.0106. The number of rotatable bonds is 8. The van der Waals surface area contributed by atoms with Gasteiger partial charge in [-0.3, -0.25) is 9.59 Å². The molecule has 1 heterocycles. The zero-order valence-corrected chi connectivity index (χ0v) is 13.4. The normalized spacial score (nSPS) is 10.2. The molecule has 9 heteroatoms. The Labute approximate surface area is 138 Å². The number of aliphatic carboxylic acids is 1. The summed E-state index contributed by atoms with van der Waals surface area (Å²) in [7, 11) is 3.08. The smallest absolute Gasteiger partial charge is 0.325 e. The second kappa shape index (κ2) is 7.95. The van der Waals surface area contributed by atoms with Gasteiger partial charge in [0.15, 0.2) is 0 Å². The van der Waals surface area contributed by atoms with Crippen LogP contribution in [0, 0.1) is 0 Å². The number of nitrogens with zero attached hydrogens (tertiary/aromatic N) is 3. The monoisotopic (exact) mass is 334 g/mol. The van der Waals surface area contributed by atoms with Crippen LogP contribution in [0.25, 0.3) is 0 Å². The predicted octanol–water partition coefficient (Wildman–Crippen LogP) is 0.239. The quantitative estimate of drug-likeness (QED) is 0.710. The van der Waals surface area contributed by atoms with Gasteiger partial charge in [-0.25, -0.2) is 4.68 Å². The molecule has 1 amide bonds. The fourth-order valence-corrected chi connectivity index (χ4v) is 2.08. The van der Waals surface area contributed by atoms with Crippen LogP contribution in [-0.2, 0) is 29.1 Å². The van der Waals surface area contributed by atoms with Gasteiger partial charge in [0.05, 0.1) is 33.4 Å². The lowest BCUT2D eigenvalue weighted by Gasteiger charge is -2.10. The molecule has 0 radical (unpaired) electrons. The maximum Gasteiger partial charge on any atom is 0.325 e. The number of hydrogen-bond donors (Lipinski definition) is 2. The predicted molar refractivity (Wildman–Crippen MR) is 82.8 cm³/mol. The van der Waals surface area contributed by atoms with Crippen molar-refractivity contribution in [3.8, 4) is 11.5 Å². The number of aromatic nitrogens is 3. The van der Waals surface area contributed by atoms with Crippen molar-refractivity contribution in [1.82, 2.24) is 20.3 Å². The standard InChI is InChI=1S/C15H18N4O5/c1-23-12-3-4-13(24-2)10(5-12)6-14(20)16-7-11-8-19(18-17-11)9-15(21)22/h3-5,8H,6-7,9H2,1-2H3,(H,16,20)(H,21,22). The molecule has 0 aliphatic rings. The van der Waals surface area contributed by atoms with Crippen molar-refractivity contribution in [2.75, 3.05) is 14.2 Å². The third kappa shape index (κ3) is 4.70. The van der Waals surface area contributed by atoms with Crippen LogP contribution >= 0.6 is 0 Å². The SMILES string of the molecule is COc1ccc(OC)c(CC(=O)NCc2cn(CC(=O)O)nn2)c1. The minimum Gasteiger partial charge on any atom is -0.497 e. The summed E-state index contributed by atoms with van der Waals surface area (Å²) >= 11 is 0. The molecule has 0 aliphatic heterocycles. The van der Waals surface area contributed by atoms with Gasteiger partial charge in [0.1, 0.15) is 23.7 Å². The Morgan fingerprint density at radius 1 is 1.29 bits per heavy atom. The maximum atomic E-state index is 12.1. The van der Waals surface area contributed by atoms with E-state index in [2.05, 4.69) is 15.6 Å². The zero-order valence-electron chi connectivity index (χ0n) is 13.4. The van der Waals surface area contributed by atoms with Crippen molar-refractivity contribution in [1.29, 1.82) is 0 Å². The second-order valence-corrected chi connectivity index (χ2v) is 4.93. The Balaban J connectivity index is 1.93. The molecule has 0 saturated heterocycles. The van der Waals surface area contributed by atoms with E-state index in [1.807, 2.05) is 0 Å². The fourth-order valence-electron chi connectivity index (χ4n) is 2.08. The first kappa shape index (κ1) is 17.3. The molecule has 1 aromatic heterocycles. The van der Waals surface area contributed by atoms with Gasteiger partial charge in [-0.15, -0.1) is 5.10 Å². The number of hydrogen-bond acceptors (Lipinski definition) is 6. The largest absolute Gasteiger partial charge is 0.497 e. The molecule has 1 aromatic carbocycles. The van der Waals surface area contributed by atoms with Crippen LogP contribution in [0.2, 0.25) is 0 Å². The lowest BCUT2D eigenvalue weighted by Crippen LogP contribution is -2.25. The summed E-state index contributed by atoms with van der Waals surface area (Å²) in [4.78, 5) is 22.7. The molecular weight excluding hydrogens is 316 g/mol. The number of benzene rings is 1. The first-order valence-corrected chi connectivity index (χ1v) is 7.10. The van der Waals surface area contributed by atoms with Crippen LogP contribution in [0.3, 0.4) is 0 Å². The highest BCUT2D eigenvalue weighted by molar-refractivity contribution is 5.79. The van der Waals surface area contributed by atoms with Gasteiger partial charge in [-0.2, -0.15) is 0 Å². The molecule has 2 aromatic rings. The van der Waals surface area contributed by atoms with Gasteiger partial charge in [0.25, 0.3) is 0 Å². The van der Waals surface area contributed by atoms with Crippen LogP contribution in [0.1, 0.15) is 11.3 Å². The van der Waals surface area contributed by atoms with E-state index in [9.17, 15) is 9.59 Å². The van der Waals surface area contributed by atoms with Crippen LogP contribution in [0.15, 0.2) is 24.4 Å². The summed E-state index contributed by atoms with van der Waals surface area (Å²) in [6.45, 7) is -0.118. The molecular formula is C15H18N4O5. The molecule has 2 rings (SSSR count). The van der Waals surface area contributed by atoms with Crippen LogP contribution in [0.4, 0.5) is 0 Å². The maximum absolute atomic E-state index is 12.1. The molecule has 0 aliphatic carbocycles. The highest BCUT2D eigenvalue weighted by Gasteiger charge is 2.11. The van der Waals surface area contributed by atoms with Crippen molar-refractivity contribution in [2.24, 2.45) is 0 Å². The van der Waals surface area contributed by atoms with Crippen LogP contribution in [-0.4, -0.2) is 46.2 Å². The molecule has 24 heavy (non-hydrogen) atoms. The topological polar surface area (TPSA) is 116 Å². The minimum absolute atomic E-state index is 0.115. The third-order valence-corrected chi connectivity index (χ3v) is 3.19. The van der Waals surface area contributed by atoms with Crippen LogP contribution < -0.4 is 14.8 Å². The zero-order chi connectivity index (χ0) is 17.5. The number of amides is 1. The molecule has 2 N–H and O–H groups in total. The number of methoxy groups -OCH3 is 2. The molecule has 9 nitrogen and oxygen atoms in total. The number of carboxylic acid groups (broad SMARTS) is 1. The van der Waals surface area contributed by atoms with E-state index in [-0.39, 0.29) is 25.4 Å². The van der Waals surface area contributed by atoms with Crippen molar-refractivity contribution in [2.45, 2.75) is 19.5 Å². The second-order valence-electron chi connectivity index (χ2n) is 4.93. The molecule has 0 unspecified atom stereocenters. The minimum atomic E-state index is -1.01. The molecule has 0 atom stereocenters. The van der Waals surface area contributed by atoms with Crippen molar-refractivity contribution in [3.05, 3.63) is 35.7 Å². The lowest BCUT2D eigenvalue weighted by molar-refractivity contribution is -0.138. The van der Waals surface area contributed by atoms with Gasteiger partial charge >= 0.3 is 5.97 Å². The first-order valence-electron chi connectivity index (χ1n) is 7.10. The van der Waals surface area contributed by atoms with Gasteiger partial charge in [-0.1, -0.05) is 5.21 Å². The van der Waals surface area contributed by atoms with E-state index in [1.165, 1.54) is 18.0 Å². The molecule has 0 spiro atoms. The molecule has 128 valence electrons. The Kier molecular flexibility index (Phi) is 5.72. The molecule has 0 bridgehead atoms. The first-order chi connectivity index (χ1) is 11.5. The summed E-state index contributed by atoms with van der Waals surface area (Å²) in [6.07, 6.45) is 1.59. The van der Waals surface area contributed by atoms with E-state index < -0.39 is 5.97 Å². The highest BCUT2D eigenvalue weighted by atomic mass is 16.5. The number of nitrogens with one attached hydrogen (secondary N) is 1. The Morgan fingerprint density at radius 3 is 2.75 bits per heavy atom. The summed E-state index contributed by atoms with van der Waals surface area (Å²) in [6, 6.07) is 5.22. The van der Waals surface area contributed by atoms with Gasteiger partial charge < -0.3 is 19.9 Å². The number of carboxylic acids is 1. The fraction of sp³-hybridized carbons (Fsp3) is 0.333. The molecule has 0 fully saturated rings. The van der Waals surface area contributed by atoms with E-state index in [0.717, 1.165) is 0 Å². The van der Waals surface area contributed by atoms with Crippen molar-refractivity contribution >= 4 is 11.9 Å². The third-order valence-electron chi connectivity index (χ3n) is 3.19. The van der Waals surface area contributed by atoms with E-state index in [1.54, 1.807) is 25.3 Å². The van der Waals surface area contributed by atoms with Crippen molar-refractivity contribution in [3.63, 3.8) is 0 Å². The average Bonchev–Trinajstić information content (AvgIpc) is 2.99. The number of carbonyl (C=O) groups is 2. The Hall–Kier alpha value is -3.10. The molecule has 0 saturated carbocycles. The van der Waals surface area contributed by atoms with Gasteiger partial charge in [0.2, 0.25) is 5.91 Å². The number of ether oxygens (including phenoxy) is 2. The Morgan fingerprint density at radius 2 is 2.08 bits per heavy atom. The van der Waals surface area contributed by atoms with Crippen LogP contribution in [0.5, 0.6) is 11.5 Å². The van der Waals surface area contributed by atoms with E-state index in [0.29, 0.717) is 22.8 Å². The summed E-state index contributed by atoms with van der Waals surface area (Å²) in [5.41, 5.74) is 1.17. The lowest BCUT2D eigenvalue weighted by atomic mass is 10.1. The summed E-state index contributed by atoms with van der Waals surface area (Å²) in [5, 5.41) is 18.8.